The number of nitrogens with zero attached hydrogens (tertiary/aromatic N) is 3. The Bertz CT molecular complexity index is 1230. The van der Waals surface area contributed by atoms with Gasteiger partial charge in [-0.1, -0.05) is 12.1 Å². The van der Waals surface area contributed by atoms with Crippen LogP contribution in [0.15, 0.2) is 59.8 Å². The first-order chi connectivity index (χ1) is 14.9. The molecule has 0 bridgehead atoms. The monoisotopic (exact) mass is 461 g/mol. The second kappa shape index (κ2) is 8.67. The predicted molar refractivity (Wildman–Crippen MR) is 118 cm³/mol. The summed E-state index contributed by atoms with van der Waals surface area (Å²) in [6.07, 6.45) is 3.30. The number of nitrogens with one attached hydrogen (secondary N) is 2. The number of aromatic nitrogens is 2. The number of imidazole rings is 1. The third-order valence-corrected chi connectivity index (χ3v) is 6.29. The second-order valence-electron chi connectivity index (χ2n) is 8.32. The number of hydrogen-bond acceptors (Lipinski definition) is 6. The van der Waals surface area contributed by atoms with Crippen LogP contribution in [-0.4, -0.2) is 28.4 Å². The van der Waals surface area contributed by atoms with Crippen LogP contribution in [0, 0.1) is 15.9 Å². The first-order valence-corrected chi connectivity index (χ1v) is 11.2. The van der Waals surface area contributed by atoms with Crippen molar-refractivity contribution in [1.82, 2.24) is 14.3 Å². The summed E-state index contributed by atoms with van der Waals surface area (Å²) in [6, 6.07) is 8.68. The van der Waals surface area contributed by atoms with Crippen molar-refractivity contribution in [3.05, 3.63) is 82.2 Å². The Kier molecular flexibility index (Phi) is 6.33. The van der Waals surface area contributed by atoms with Crippen LogP contribution in [0.25, 0.3) is 0 Å². The molecule has 1 aromatic heterocycles. The van der Waals surface area contributed by atoms with Crippen LogP contribution in [0.3, 0.4) is 0 Å². The Hall–Kier alpha value is -3.31. The predicted octanol–water partition coefficient (Wildman–Crippen LogP) is 3.75. The van der Waals surface area contributed by atoms with E-state index in [0.29, 0.717) is 11.4 Å². The molecule has 0 saturated heterocycles. The highest BCUT2D eigenvalue weighted by atomic mass is 32.2. The molecule has 11 heteroatoms. The Morgan fingerprint density at radius 1 is 1.16 bits per heavy atom. The summed E-state index contributed by atoms with van der Waals surface area (Å²) >= 11 is 0. The maximum atomic E-state index is 13.4. The van der Waals surface area contributed by atoms with E-state index in [4.69, 9.17) is 0 Å². The number of halogens is 1. The zero-order valence-corrected chi connectivity index (χ0v) is 18.9. The molecule has 170 valence electrons. The first-order valence-electron chi connectivity index (χ1n) is 9.69. The molecule has 0 saturated carbocycles. The van der Waals surface area contributed by atoms with E-state index >= 15 is 0 Å². The summed E-state index contributed by atoms with van der Waals surface area (Å²) in [5.74, 6) is 0.122. The van der Waals surface area contributed by atoms with Crippen molar-refractivity contribution in [2.24, 2.45) is 7.05 Å². The highest BCUT2D eigenvalue weighted by Gasteiger charge is 2.27. The molecule has 3 aromatic rings. The third kappa shape index (κ3) is 5.29. The standard InChI is InChI=1S/C21H24FN5O4S/c1-21(2,3)25-32(30,31)16-9-10-17(18(13-16)27(28)29)24-19(20-23-11-12-26(20)4)14-5-7-15(22)8-6-14/h5-13,19,24-25H,1-4H3/t19-/m1/s1. The molecule has 32 heavy (non-hydrogen) atoms. The van der Waals surface area contributed by atoms with Gasteiger partial charge in [0.05, 0.1) is 9.82 Å². The zero-order valence-electron chi connectivity index (χ0n) is 18.0. The molecule has 0 aliphatic heterocycles. The lowest BCUT2D eigenvalue weighted by atomic mass is 10.1. The Morgan fingerprint density at radius 2 is 1.81 bits per heavy atom. The van der Waals surface area contributed by atoms with E-state index in [1.54, 1.807) is 56.9 Å². The number of nitro groups is 1. The Balaban J connectivity index is 2.06. The lowest BCUT2D eigenvalue weighted by Crippen LogP contribution is -2.40. The van der Waals surface area contributed by atoms with Gasteiger partial charge in [0.1, 0.15) is 23.4 Å². The number of anilines is 1. The smallest absolute Gasteiger partial charge is 0.293 e. The van der Waals surface area contributed by atoms with Crippen molar-refractivity contribution < 1.29 is 17.7 Å². The molecule has 9 nitrogen and oxygen atoms in total. The summed E-state index contributed by atoms with van der Waals surface area (Å²) in [6.45, 7) is 5.03. The van der Waals surface area contributed by atoms with E-state index in [1.165, 1.54) is 24.3 Å². The minimum Gasteiger partial charge on any atom is -0.366 e. The Morgan fingerprint density at radius 3 is 2.34 bits per heavy atom. The zero-order chi connectivity index (χ0) is 23.7. The molecule has 0 spiro atoms. The molecule has 0 fully saturated rings. The Labute approximate surface area is 185 Å². The summed E-state index contributed by atoms with van der Waals surface area (Å²) in [7, 11) is -2.20. The summed E-state index contributed by atoms with van der Waals surface area (Å²) in [4.78, 5) is 15.2. The van der Waals surface area contributed by atoms with Gasteiger partial charge in [-0.2, -0.15) is 0 Å². The molecule has 0 radical (unpaired) electrons. The van der Waals surface area contributed by atoms with E-state index in [1.807, 2.05) is 0 Å². The van der Waals surface area contributed by atoms with Gasteiger partial charge < -0.3 is 9.88 Å². The molecule has 3 rings (SSSR count). The number of rotatable bonds is 7. The van der Waals surface area contributed by atoms with Gasteiger partial charge in [0.25, 0.3) is 5.69 Å². The SMILES string of the molecule is Cn1ccnc1[C@H](Nc1ccc(S(=O)(=O)NC(C)(C)C)cc1[N+](=O)[O-])c1ccc(F)cc1. The number of aryl methyl sites for hydroxylation is 1. The van der Waals surface area contributed by atoms with E-state index in [9.17, 15) is 22.9 Å². The summed E-state index contributed by atoms with van der Waals surface area (Å²) in [5, 5.41) is 14.9. The van der Waals surface area contributed by atoms with E-state index in [-0.39, 0.29) is 10.6 Å². The minimum atomic E-state index is -3.97. The number of nitro benzene ring substituents is 1. The van der Waals surface area contributed by atoms with Crippen molar-refractivity contribution in [3.63, 3.8) is 0 Å². The van der Waals surface area contributed by atoms with Gasteiger partial charge in [-0.25, -0.2) is 22.5 Å². The normalized spacial score (nSPS) is 13.0. The molecule has 1 heterocycles. The van der Waals surface area contributed by atoms with Crippen LogP contribution >= 0.6 is 0 Å². The maximum Gasteiger partial charge on any atom is 0.293 e. The van der Waals surface area contributed by atoms with Crippen molar-refractivity contribution >= 4 is 21.4 Å². The fourth-order valence-electron chi connectivity index (χ4n) is 3.18. The number of benzene rings is 2. The highest BCUT2D eigenvalue weighted by molar-refractivity contribution is 7.89. The lowest BCUT2D eigenvalue weighted by Gasteiger charge is -2.22. The van der Waals surface area contributed by atoms with Crippen LogP contribution < -0.4 is 10.0 Å². The van der Waals surface area contributed by atoms with Crippen LogP contribution in [-0.2, 0) is 17.1 Å². The van der Waals surface area contributed by atoms with Crippen LogP contribution in [0.5, 0.6) is 0 Å². The minimum absolute atomic E-state index is 0.0991. The fourth-order valence-corrected chi connectivity index (χ4v) is 4.61. The van der Waals surface area contributed by atoms with Crippen LogP contribution in [0.2, 0.25) is 0 Å². The largest absolute Gasteiger partial charge is 0.366 e. The van der Waals surface area contributed by atoms with Crippen molar-refractivity contribution in [2.45, 2.75) is 37.2 Å². The van der Waals surface area contributed by atoms with Gasteiger partial charge in [0.2, 0.25) is 10.0 Å². The third-order valence-electron chi connectivity index (χ3n) is 4.54. The van der Waals surface area contributed by atoms with Gasteiger partial charge >= 0.3 is 0 Å². The molecule has 1 atom stereocenters. The van der Waals surface area contributed by atoms with Crippen LogP contribution in [0.1, 0.15) is 38.2 Å². The van der Waals surface area contributed by atoms with Crippen LogP contribution in [0.4, 0.5) is 15.8 Å². The lowest BCUT2D eigenvalue weighted by molar-refractivity contribution is -0.384. The topological polar surface area (TPSA) is 119 Å². The molecular weight excluding hydrogens is 437 g/mol. The molecule has 2 aromatic carbocycles. The first kappa shape index (κ1) is 23.4. The highest BCUT2D eigenvalue weighted by Crippen LogP contribution is 2.33. The average molecular weight is 462 g/mol. The van der Waals surface area contributed by atoms with Crippen molar-refractivity contribution in [2.75, 3.05) is 5.32 Å². The van der Waals surface area contributed by atoms with Gasteiger partial charge in [0.15, 0.2) is 0 Å². The van der Waals surface area contributed by atoms with Gasteiger partial charge in [0, 0.05) is 31.0 Å². The molecule has 0 aliphatic carbocycles. The van der Waals surface area contributed by atoms with Crippen molar-refractivity contribution in [1.29, 1.82) is 0 Å². The van der Waals surface area contributed by atoms with Gasteiger partial charge in [-0.15, -0.1) is 0 Å². The molecule has 0 aliphatic rings. The number of hydrogen-bond donors (Lipinski definition) is 2. The summed E-state index contributed by atoms with van der Waals surface area (Å²) < 4.78 is 42.9. The van der Waals surface area contributed by atoms with E-state index < -0.39 is 38.0 Å². The number of sulfonamides is 1. The summed E-state index contributed by atoms with van der Waals surface area (Å²) in [5.41, 5.74) is -0.442. The molecule has 0 amide bonds. The average Bonchev–Trinajstić information content (AvgIpc) is 3.10. The molecule has 0 unspecified atom stereocenters. The van der Waals surface area contributed by atoms with Gasteiger partial charge in [-0.05, 0) is 50.6 Å². The quantitative estimate of drug-likeness (QED) is 0.409. The molecular formula is C21H24FN5O4S. The molecule has 2 N–H and O–H groups in total. The maximum absolute atomic E-state index is 13.4. The van der Waals surface area contributed by atoms with Gasteiger partial charge in [-0.3, -0.25) is 10.1 Å². The van der Waals surface area contributed by atoms with E-state index in [2.05, 4.69) is 15.0 Å². The van der Waals surface area contributed by atoms with Crippen molar-refractivity contribution in [3.8, 4) is 0 Å². The fraction of sp³-hybridized carbons (Fsp3) is 0.286. The second-order valence-corrected chi connectivity index (χ2v) is 10.00. The van der Waals surface area contributed by atoms with E-state index in [0.717, 1.165) is 6.07 Å².